The van der Waals surface area contributed by atoms with Gasteiger partial charge in [0.25, 0.3) is 0 Å². The van der Waals surface area contributed by atoms with Crippen molar-refractivity contribution in [1.29, 1.82) is 0 Å². The van der Waals surface area contributed by atoms with Crippen molar-refractivity contribution < 1.29 is 9.21 Å². The summed E-state index contributed by atoms with van der Waals surface area (Å²) in [6.45, 7) is 2.71. The van der Waals surface area contributed by atoms with Crippen LogP contribution in [-0.4, -0.2) is 65.7 Å². The van der Waals surface area contributed by atoms with Crippen molar-refractivity contribution in [2.75, 3.05) is 38.6 Å². The fourth-order valence-electron chi connectivity index (χ4n) is 3.27. The molecule has 0 aromatic carbocycles. The van der Waals surface area contributed by atoms with Crippen LogP contribution in [0.1, 0.15) is 18.6 Å². The highest BCUT2D eigenvalue weighted by Crippen LogP contribution is 2.23. The van der Waals surface area contributed by atoms with E-state index >= 15 is 0 Å². The third kappa shape index (κ3) is 4.57. The Hall–Kier alpha value is -2.41. The van der Waals surface area contributed by atoms with Crippen molar-refractivity contribution in [3.63, 3.8) is 0 Å². The van der Waals surface area contributed by atoms with Gasteiger partial charge in [0, 0.05) is 32.4 Å². The van der Waals surface area contributed by atoms with Gasteiger partial charge in [-0.3, -0.25) is 9.69 Å². The molecule has 1 atom stereocenters. The summed E-state index contributed by atoms with van der Waals surface area (Å²) in [6.07, 6.45) is 5.56. The van der Waals surface area contributed by atoms with Gasteiger partial charge in [-0.25, -0.2) is 0 Å². The largest absolute Gasteiger partial charge is 0.467 e. The average molecular weight is 343 g/mol. The van der Waals surface area contributed by atoms with E-state index in [2.05, 4.69) is 20.0 Å². The Morgan fingerprint density at radius 1 is 1.36 bits per heavy atom. The maximum absolute atomic E-state index is 12.4. The lowest BCUT2D eigenvalue weighted by Crippen LogP contribution is -2.43. The second kappa shape index (κ2) is 8.11. The Kier molecular flexibility index (Phi) is 5.65. The normalized spacial score (nSPS) is 17.2. The van der Waals surface area contributed by atoms with Gasteiger partial charge in [-0.05, 0) is 44.2 Å². The molecule has 0 bridgehead atoms. The molecule has 2 aromatic rings. The van der Waals surface area contributed by atoms with Gasteiger partial charge < -0.3 is 14.2 Å². The molecular weight excluding hydrogens is 318 g/mol. The van der Waals surface area contributed by atoms with Gasteiger partial charge in [-0.1, -0.05) is 0 Å². The Bertz CT molecular complexity index is 661. The molecule has 1 fully saturated rings. The molecule has 25 heavy (non-hydrogen) atoms. The molecule has 0 aliphatic carbocycles. The first-order valence-electron chi connectivity index (χ1n) is 8.62. The summed E-state index contributed by atoms with van der Waals surface area (Å²) in [5.41, 5.74) is 0. The molecule has 1 amide bonds. The summed E-state index contributed by atoms with van der Waals surface area (Å²) in [6, 6.07) is 7.98. The van der Waals surface area contributed by atoms with E-state index < -0.39 is 0 Å². The molecule has 0 spiro atoms. The van der Waals surface area contributed by atoms with Crippen LogP contribution in [0.3, 0.4) is 0 Å². The van der Waals surface area contributed by atoms with Crippen LogP contribution in [0.15, 0.2) is 41.1 Å². The minimum absolute atomic E-state index is 0.0861. The molecule has 7 nitrogen and oxygen atoms in total. The van der Waals surface area contributed by atoms with E-state index in [4.69, 9.17) is 4.42 Å². The molecule has 1 aliphatic heterocycles. The van der Waals surface area contributed by atoms with E-state index in [0.717, 1.165) is 37.5 Å². The molecular formula is C18H25N5O2. The lowest BCUT2D eigenvalue weighted by atomic mass is 10.2. The summed E-state index contributed by atoms with van der Waals surface area (Å²) in [5.74, 6) is 1.80. The van der Waals surface area contributed by atoms with Crippen LogP contribution in [0.25, 0.3) is 0 Å². The molecule has 0 N–H and O–H groups in total. The van der Waals surface area contributed by atoms with E-state index in [1.165, 1.54) is 0 Å². The first-order valence-corrected chi connectivity index (χ1v) is 8.62. The SMILES string of the molecule is CN(CC(=O)N(C)Cc1ccco1)C[C@@H]1CCCN1c1cccnn1. The van der Waals surface area contributed by atoms with E-state index in [-0.39, 0.29) is 5.91 Å². The lowest BCUT2D eigenvalue weighted by molar-refractivity contribution is -0.131. The molecule has 3 rings (SSSR count). The topological polar surface area (TPSA) is 65.7 Å². The summed E-state index contributed by atoms with van der Waals surface area (Å²) in [5, 5.41) is 8.20. The van der Waals surface area contributed by atoms with Crippen molar-refractivity contribution >= 4 is 11.7 Å². The van der Waals surface area contributed by atoms with Crippen molar-refractivity contribution in [2.45, 2.75) is 25.4 Å². The quantitative estimate of drug-likeness (QED) is 0.761. The summed E-state index contributed by atoms with van der Waals surface area (Å²) in [7, 11) is 3.80. The van der Waals surface area contributed by atoms with Crippen LogP contribution in [-0.2, 0) is 11.3 Å². The zero-order valence-corrected chi connectivity index (χ0v) is 14.8. The van der Waals surface area contributed by atoms with Crippen molar-refractivity contribution in [3.05, 3.63) is 42.5 Å². The lowest BCUT2D eigenvalue weighted by Gasteiger charge is -2.29. The average Bonchev–Trinajstić information content (AvgIpc) is 3.27. The smallest absolute Gasteiger partial charge is 0.236 e. The highest BCUT2D eigenvalue weighted by molar-refractivity contribution is 5.77. The van der Waals surface area contributed by atoms with Crippen molar-refractivity contribution in [3.8, 4) is 0 Å². The van der Waals surface area contributed by atoms with Gasteiger partial charge in [0.15, 0.2) is 5.82 Å². The number of furan rings is 1. The predicted molar refractivity (Wildman–Crippen MR) is 95.1 cm³/mol. The third-order valence-corrected chi connectivity index (χ3v) is 4.56. The fraction of sp³-hybridized carbons (Fsp3) is 0.500. The van der Waals surface area contributed by atoms with Crippen molar-refractivity contribution in [1.82, 2.24) is 20.0 Å². The highest BCUT2D eigenvalue weighted by Gasteiger charge is 2.27. The number of carbonyl (C=O) groups excluding carboxylic acids is 1. The predicted octanol–water partition coefficient (Wildman–Crippen LogP) is 1.63. The third-order valence-electron chi connectivity index (χ3n) is 4.56. The molecule has 134 valence electrons. The molecule has 2 aromatic heterocycles. The van der Waals surface area contributed by atoms with E-state index in [9.17, 15) is 4.79 Å². The van der Waals surface area contributed by atoms with Crippen LogP contribution in [0.2, 0.25) is 0 Å². The molecule has 3 heterocycles. The Balaban J connectivity index is 1.51. The number of anilines is 1. The Morgan fingerprint density at radius 2 is 2.24 bits per heavy atom. The molecule has 1 aliphatic rings. The number of rotatable bonds is 7. The van der Waals surface area contributed by atoms with E-state index in [1.54, 1.807) is 24.4 Å². The van der Waals surface area contributed by atoms with Gasteiger partial charge in [-0.15, -0.1) is 5.10 Å². The Morgan fingerprint density at radius 3 is 2.96 bits per heavy atom. The number of likely N-dealkylation sites (N-methyl/N-ethyl adjacent to an activating group) is 2. The molecule has 7 heteroatoms. The zero-order chi connectivity index (χ0) is 17.6. The molecule has 0 radical (unpaired) electrons. The van der Waals surface area contributed by atoms with Gasteiger partial charge in [0.05, 0.1) is 19.4 Å². The van der Waals surface area contributed by atoms with Crippen LogP contribution in [0, 0.1) is 0 Å². The van der Waals surface area contributed by atoms with Gasteiger partial charge in [0.2, 0.25) is 5.91 Å². The van der Waals surface area contributed by atoms with Gasteiger partial charge in [0.1, 0.15) is 5.76 Å². The first-order chi connectivity index (χ1) is 12.1. The zero-order valence-electron chi connectivity index (χ0n) is 14.8. The van der Waals surface area contributed by atoms with Crippen molar-refractivity contribution in [2.24, 2.45) is 0 Å². The number of carbonyl (C=O) groups is 1. The van der Waals surface area contributed by atoms with Crippen LogP contribution in [0.5, 0.6) is 0 Å². The number of hydrogen-bond donors (Lipinski definition) is 0. The molecule has 1 saturated heterocycles. The monoisotopic (exact) mass is 343 g/mol. The van der Waals surface area contributed by atoms with Crippen LogP contribution in [0.4, 0.5) is 5.82 Å². The number of hydrogen-bond acceptors (Lipinski definition) is 6. The van der Waals surface area contributed by atoms with Gasteiger partial charge in [-0.2, -0.15) is 5.10 Å². The molecule has 0 unspecified atom stereocenters. The second-order valence-electron chi connectivity index (χ2n) is 6.60. The molecule has 0 saturated carbocycles. The number of amides is 1. The maximum atomic E-state index is 12.4. The minimum Gasteiger partial charge on any atom is -0.467 e. The number of aromatic nitrogens is 2. The Labute approximate surface area is 148 Å². The first kappa shape index (κ1) is 17.4. The number of nitrogens with zero attached hydrogens (tertiary/aromatic N) is 5. The standard InChI is InChI=1S/C18H25N5O2/c1-21(14-18(24)22(2)13-16-7-5-11-25-16)12-15-6-4-10-23(15)17-8-3-9-19-20-17/h3,5,7-9,11,15H,4,6,10,12-14H2,1-2H3/t15-/m0/s1. The fourth-order valence-corrected chi connectivity index (χ4v) is 3.27. The maximum Gasteiger partial charge on any atom is 0.236 e. The van der Waals surface area contributed by atoms with E-state index in [1.807, 2.05) is 31.3 Å². The summed E-state index contributed by atoms with van der Waals surface area (Å²) in [4.78, 5) is 18.5. The summed E-state index contributed by atoms with van der Waals surface area (Å²) < 4.78 is 5.30. The minimum atomic E-state index is 0.0861. The van der Waals surface area contributed by atoms with E-state index in [0.29, 0.717) is 19.1 Å². The van der Waals surface area contributed by atoms with Gasteiger partial charge >= 0.3 is 0 Å². The van der Waals surface area contributed by atoms with Crippen LogP contribution < -0.4 is 4.90 Å². The summed E-state index contributed by atoms with van der Waals surface area (Å²) >= 11 is 0. The second-order valence-corrected chi connectivity index (χ2v) is 6.60. The van der Waals surface area contributed by atoms with Crippen LogP contribution >= 0.6 is 0 Å². The highest BCUT2D eigenvalue weighted by atomic mass is 16.3.